The molecule has 0 aliphatic heterocycles. The minimum absolute atomic E-state index is 0. The predicted molar refractivity (Wildman–Crippen MR) is 101 cm³/mol. The molecule has 140 valence electrons. The van der Waals surface area contributed by atoms with E-state index in [4.69, 9.17) is 27.9 Å². The van der Waals surface area contributed by atoms with E-state index in [0.717, 1.165) is 11.4 Å². The molecule has 7 heteroatoms. The highest BCUT2D eigenvalue weighted by Crippen LogP contribution is 2.21. The molecule has 0 radical (unpaired) electrons. The highest BCUT2D eigenvalue weighted by atomic mass is 79.9. The van der Waals surface area contributed by atoms with Crippen molar-refractivity contribution in [1.29, 1.82) is 0 Å². The molecule has 0 aliphatic carbocycles. The van der Waals surface area contributed by atoms with Crippen molar-refractivity contribution in [2.75, 3.05) is 0 Å². The van der Waals surface area contributed by atoms with Gasteiger partial charge in [-0.05, 0) is 37.3 Å². The minimum atomic E-state index is -0.0886. The Balaban J connectivity index is 0.00000261. The smallest absolute Gasteiger partial charge is 0.229 e. The summed E-state index contributed by atoms with van der Waals surface area (Å²) in [6.45, 7) is 2.52. The van der Waals surface area contributed by atoms with Gasteiger partial charge in [0.15, 0.2) is 12.4 Å². The third-order valence-electron chi connectivity index (χ3n) is 3.75. The number of nitrogens with zero attached hydrogens (tertiary/aromatic N) is 2. The van der Waals surface area contributed by atoms with Gasteiger partial charge < -0.3 is 21.7 Å². The molecule has 2 heterocycles. The van der Waals surface area contributed by atoms with Gasteiger partial charge in [0.05, 0.1) is 10.7 Å². The van der Waals surface area contributed by atoms with E-state index in [1.54, 1.807) is 35.2 Å². The molecule has 0 N–H and O–H groups in total. The molecular weight excluding hydrogens is 451 g/mol. The van der Waals surface area contributed by atoms with Crippen LogP contribution in [0.25, 0.3) is 0 Å². The van der Waals surface area contributed by atoms with E-state index < -0.39 is 0 Å². The fourth-order valence-electron chi connectivity index (χ4n) is 2.45. The first-order valence-corrected chi connectivity index (χ1v) is 8.79. The molecule has 0 bridgehead atoms. The molecule has 0 saturated carbocycles. The average Bonchev–Trinajstić information content (AvgIpc) is 2.61. The lowest BCUT2D eigenvalue weighted by Gasteiger charge is -2.06. The molecule has 4 nitrogen and oxygen atoms in total. The van der Waals surface area contributed by atoms with Gasteiger partial charge in [-0.3, -0.25) is 9.78 Å². The molecular formula is C20H17BrCl2N2O2. The second-order valence-electron chi connectivity index (χ2n) is 5.81. The summed E-state index contributed by atoms with van der Waals surface area (Å²) in [6, 6.07) is 14.3. The van der Waals surface area contributed by atoms with Crippen LogP contribution in [-0.4, -0.2) is 10.8 Å². The van der Waals surface area contributed by atoms with Crippen LogP contribution >= 0.6 is 23.2 Å². The maximum absolute atomic E-state index is 12.4. The SMILES string of the molecule is Cc1cccc(COc2cc[n+](CC(=O)c3ccc(Cl)cc3Cl)cc2)n1.[Br-]. The molecule has 0 amide bonds. The first-order valence-electron chi connectivity index (χ1n) is 8.04. The summed E-state index contributed by atoms with van der Waals surface area (Å²) in [5.41, 5.74) is 2.28. The molecule has 0 atom stereocenters. The first kappa shape index (κ1) is 21.4. The summed E-state index contributed by atoms with van der Waals surface area (Å²) in [4.78, 5) is 16.8. The number of Topliss-reactive ketones (excluding diaryl/α,β-unsaturated/α-hetero) is 1. The molecule has 0 fully saturated rings. The third kappa shape index (κ3) is 6.03. The number of aromatic nitrogens is 2. The molecule has 2 aromatic heterocycles. The monoisotopic (exact) mass is 466 g/mol. The van der Waals surface area contributed by atoms with Gasteiger partial charge in [0.25, 0.3) is 0 Å². The molecule has 0 aliphatic rings. The highest BCUT2D eigenvalue weighted by molar-refractivity contribution is 6.36. The summed E-state index contributed by atoms with van der Waals surface area (Å²) in [6.07, 6.45) is 3.58. The van der Waals surface area contributed by atoms with E-state index in [1.807, 2.05) is 37.3 Å². The Morgan fingerprint density at radius 3 is 2.52 bits per heavy atom. The van der Waals surface area contributed by atoms with Crippen molar-refractivity contribution in [3.05, 3.63) is 87.9 Å². The van der Waals surface area contributed by atoms with Crippen LogP contribution in [0.5, 0.6) is 5.75 Å². The van der Waals surface area contributed by atoms with Gasteiger partial charge in [-0.2, -0.15) is 4.57 Å². The molecule has 0 saturated heterocycles. The molecule has 1 aromatic carbocycles. The predicted octanol–water partition coefficient (Wildman–Crippen LogP) is 1.45. The lowest BCUT2D eigenvalue weighted by atomic mass is 10.1. The lowest BCUT2D eigenvalue weighted by Crippen LogP contribution is -3.00. The van der Waals surface area contributed by atoms with Crippen LogP contribution < -0.4 is 26.3 Å². The minimum Gasteiger partial charge on any atom is -1.00 e. The van der Waals surface area contributed by atoms with E-state index in [2.05, 4.69) is 4.98 Å². The summed E-state index contributed by atoms with van der Waals surface area (Å²) in [5, 5.41) is 0.859. The zero-order valence-corrected chi connectivity index (χ0v) is 17.6. The van der Waals surface area contributed by atoms with Gasteiger partial charge in [-0.15, -0.1) is 0 Å². The summed E-state index contributed by atoms with van der Waals surface area (Å²) >= 11 is 11.9. The molecule has 3 rings (SSSR count). The number of ether oxygens (including phenoxy) is 1. The number of aryl methyl sites for hydroxylation is 1. The Hall–Kier alpha value is -1.95. The topological polar surface area (TPSA) is 43.1 Å². The van der Waals surface area contributed by atoms with E-state index in [1.165, 1.54) is 0 Å². The molecule has 0 unspecified atom stereocenters. The number of hydrogen-bond donors (Lipinski definition) is 0. The second-order valence-corrected chi connectivity index (χ2v) is 6.66. The van der Waals surface area contributed by atoms with Crippen LogP contribution in [0.4, 0.5) is 0 Å². The lowest BCUT2D eigenvalue weighted by molar-refractivity contribution is -0.683. The Morgan fingerprint density at radius 2 is 1.85 bits per heavy atom. The van der Waals surface area contributed by atoms with Gasteiger partial charge in [-0.1, -0.05) is 29.3 Å². The van der Waals surface area contributed by atoms with Crippen LogP contribution in [0.15, 0.2) is 60.9 Å². The van der Waals surface area contributed by atoms with E-state index >= 15 is 0 Å². The largest absolute Gasteiger partial charge is 1.00 e. The Kier molecular flexibility index (Phi) is 7.78. The van der Waals surface area contributed by atoms with Crippen LogP contribution in [-0.2, 0) is 13.2 Å². The maximum atomic E-state index is 12.4. The van der Waals surface area contributed by atoms with Crippen LogP contribution in [0.2, 0.25) is 10.0 Å². The van der Waals surface area contributed by atoms with Gasteiger partial charge in [0, 0.05) is 28.4 Å². The highest BCUT2D eigenvalue weighted by Gasteiger charge is 2.15. The zero-order valence-electron chi connectivity index (χ0n) is 14.5. The third-order valence-corrected chi connectivity index (χ3v) is 4.30. The number of benzene rings is 1. The van der Waals surface area contributed by atoms with E-state index in [0.29, 0.717) is 28.0 Å². The normalized spacial score (nSPS) is 10.2. The Bertz CT molecular complexity index is 934. The van der Waals surface area contributed by atoms with Crippen molar-refractivity contribution in [1.82, 2.24) is 4.98 Å². The number of halogens is 3. The zero-order chi connectivity index (χ0) is 18.5. The van der Waals surface area contributed by atoms with E-state index in [9.17, 15) is 4.79 Å². The fraction of sp³-hybridized carbons (Fsp3) is 0.150. The fourth-order valence-corrected chi connectivity index (χ4v) is 2.96. The number of hydrogen-bond acceptors (Lipinski definition) is 3. The van der Waals surface area contributed by atoms with Gasteiger partial charge in [0.1, 0.15) is 12.4 Å². The Morgan fingerprint density at radius 1 is 1.11 bits per heavy atom. The van der Waals surface area contributed by atoms with Gasteiger partial charge in [-0.25, -0.2) is 0 Å². The second kappa shape index (κ2) is 9.83. The van der Waals surface area contributed by atoms with Crippen molar-refractivity contribution in [2.24, 2.45) is 0 Å². The summed E-state index contributed by atoms with van der Waals surface area (Å²) in [5.74, 6) is 0.621. The number of pyridine rings is 2. The van der Waals surface area contributed by atoms with Crippen molar-refractivity contribution in [3.63, 3.8) is 0 Å². The van der Waals surface area contributed by atoms with Crippen molar-refractivity contribution >= 4 is 29.0 Å². The quantitative estimate of drug-likeness (QED) is 0.407. The molecule has 0 spiro atoms. The standard InChI is InChI=1S/C20H17Cl2N2O2.BrH/c1-14-3-2-4-16(23-14)13-26-17-7-9-24(10-8-17)12-20(25)18-6-5-15(21)11-19(18)22;/h2-11H,12-13H2,1H3;1H/q+1;/p-1. The number of rotatable bonds is 6. The number of ketones is 1. The molecule has 27 heavy (non-hydrogen) atoms. The van der Waals surface area contributed by atoms with E-state index in [-0.39, 0.29) is 29.3 Å². The number of carbonyl (C=O) groups excluding carboxylic acids is 1. The summed E-state index contributed by atoms with van der Waals surface area (Å²) < 4.78 is 7.50. The summed E-state index contributed by atoms with van der Waals surface area (Å²) in [7, 11) is 0. The Labute approximate surface area is 178 Å². The number of carbonyl (C=O) groups is 1. The van der Waals surface area contributed by atoms with Crippen molar-refractivity contribution in [2.45, 2.75) is 20.1 Å². The van der Waals surface area contributed by atoms with Gasteiger partial charge >= 0.3 is 0 Å². The average molecular weight is 468 g/mol. The van der Waals surface area contributed by atoms with Gasteiger partial charge in [0.2, 0.25) is 12.3 Å². The molecule has 3 aromatic rings. The van der Waals surface area contributed by atoms with Crippen molar-refractivity contribution in [3.8, 4) is 5.75 Å². The maximum Gasteiger partial charge on any atom is 0.229 e. The van der Waals surface area contributed by atoms with Crippen LogP contribution in [0, 0.1) is 6.92 Å². The van der Waals surface area contributed by atoms with Crippen LogP contribution in [0.3, 0.4) is 0 Å². The first-order chi connectivity index (χ1) is 12.5. The van der Waals surface area contributed by atoms with Crippen molar-refractivity contribution < 1.29 is 31.1 Å². The van der Waals surface area contributed by atoms with Crippen LogP contribution in [0.1, 0.15) is 21.7 Å².